The number of β-amino-alcohol motifs (C(OH)–C–C–N with tert-alkyl or cyclic N) is 1. The number of hydrogen-bond donors (Lipinski definition) is 3. The zero-order chi connectivity index (χ0) is 8.48. The van der Waals surface area contributed by atoms with Gasteiger partial charge in [-0.15, -0.1) is 0 Å². The van der Waals surface area contributed by atoms with Crippen LogP contribution in [0.15, 0.2) is 0 Å². The molecule has 1 rings (SSSR count). The highest BCUT2D eigenvalue weighted by atomic mass is 16.5. The molecule has 4 N–H and O–H groups in total. The molecule has 64 valence electrons. The molecule has 0 aliphatic carbocycles. The van der Waals surface area contributed by atoms with Crippen molar-refractivity contribution in [1.29, 1.82) is 0 Å². The van der Waals surface area contributed by atoms with Gasteiger partial charge < -0.3 is 20.9 Å². The van der Waals surface area contributed by atoms with E-state index in [1.54, 1.807) is 0 Å². The molecule has 5 nitrogen and oxygen atoms in total. The quantitative estimate of drug-likeness (QED) is 0.400. The minimum absolute atomic E-state index is 0.350. The number of aliphatic hydroxyl groups is 1. The van der Waals surface area contributed by atoms with Crippen LogP contribution in [0.4, 0.5) is 0 Å². The molecule has 5 heteroatoms. The Morgan fingerprint density at radius 3 is 2.64 bits per heavy atom. The Morgan fingerprint density at radius 2 is 2.36 bits per heavy atom. The van der Waals surface area contributed by atoms with E-state index in [0.29, 0.717) is 13.1 Å². The van der Waals surface area contributed by atoms with Gasteiger partial charge in [-0.1, -0.05) is 0 Å². The number of hydrogen-bond acceptors (Lipinski definition) is 5. The van der Waals surface area contributed by atoms with Crippen molar-refractivity contribution in [3.05, 3.63) is 0 Å². The average molecular weight is 160 g/mol. The van der Waals surface area contributed by atoms with E-state index in [4.69, 9.17) is 5.73 Å². The molecule has 0 amide bonds. The Bertz CT molecular complexity index is 167. The summed E-state index contributed by atoms with van der Waals surface area (Å²) in [4.78, 5) is 10.8. The highest BCUT2D eigenvalue weighted by Crippen LogP contribution is 2.14. The molecule has 0 bridgehead atoms. The predicted molar refractivity (Wildman–Crippen MR) is 37.8 cm³/mol. The lowest BCUT2D eigenvalue weighted by atomic mass is 9.89. The molecule has 1 fully saturated rings. The fraction of sp³-hybridized carbons (Fsp3) is 0.833. The zero-order valence-corrected chi connectivity index (χ0v) is 6.33. The number of nitrogens with one attached hydrogen (secondary N) is 1. The molecule has 1 saturated heterocycles. The molecular weight excluding hydrogens is 148 g/mol. The first kappa shape index (κ1) is 8.45. The van der Waals surface area contributed by atoms with Gasteiger partial charge in [-0.3, -0.25) is 4.79 Å². The van der Waals surface area contributed by atoms with Crippen LogP contribution in [0.25, 0.3) is 0 Å². The van der Waals surface area contributed by atoms with Crippen molar-refractivity contribution in [2.45, 2.75) is 11.6 Å². The Kier molecular flexibility index (Phi) is 2.12. The van der Waals surface area contributed by atoms with Gasteiger partial charge in [0.15, 0.2) is 0 Å². The highest BCUT2D eigenvalue weighted by molar-refractivity contribution is 5.77. The lowest BCUT2D eigenvalue weighted by Crippen LogP contribution is -2.70. The Balaban J connectivity index is 2.52. The predicted octanol–water partition coefficient (Wildman–Crippen LogP) is -2.18. The molecule has 1 unspecified atom stereocenters. The first-order valence-corrected chi connectivity index (χ1v) is 3.37. The zero-order valence-electron chi connectivity index (χ0n) is 6.33. The number of nitrogens with two attached hydrogens (primary N) is 1. The van der Waals surface area contributed by atoms with E-state index >= 15 is 0 Å². The average Bonchev–Trinajstić information content (AvgIpc) is 1.97. The van der Waals surface area contributed by atoms with Crippen molar-refractivity contribution in [3.8, 4) is 0 Å². The topological polar surface area (TPSA) is 84.6 Å². The summed E-state index contributed by atoms with van der Waals surface area (Å²) < 4.78 is 4.38. The van der Waals surface area contributed by atoms with Crippen LogP contribution in [0, 0.1) is 0 Å². The molecule has 0 radical (unpaired) electrons. The summed E-state index contributed by atoms with van der Waals surface area (Å²) in [5, 5.41) is 12.3. The van der Waals surface area contributed by atoms with Gasteiger partial charge in [0.25, 0.3) is 0 Å². The maximum absolute atomic E-state index is 10.8. The van der Waals surface area contributed by atoms with Gasteiger partial charge in [-0.25, -0.2) is 0 Å². The first-order valence-electron chi connectivity index (χ1n) is 3.37. The largest absolute Gasteiger partial charge is 0.468 e. The third-order valence-electron chi connectivity index (χ3n) is 1.90. The summed E-state index contributed by atoms with van der Waals surface area (Å²) >= 11 is 0. The summed E-state index contributed by atoms with van der Waals surface area (Å²) in [6, 6.07) is -0.936. The van der Waals surface area contributed by atoms with Gasteiger partial charge in [0.05, 0.1) is 7.11 Å². The second-order valence-corrected chi connectivity index (χ2v) is 2.71. The molecule has 1 aliphatic rings. The maximum atomic E-state index is 10.8. The highest BCUT2D eigenvalue weighted by Gasteiger charge is 2.44. The SMILES string of the molecule is COC(=O)C(N)C1(O)CNC1. The second-order valence-electron chi connectivity index (χ2n) is 2.71. The summed E-state index contributed by atoms with van der Waals surface area (Å²) in [6.07, 6.45) is 0. The van der Waals surface area contributed by atoms with Gasteiger partial charge in [-0.05, 0) is 0 Å². The van der Waals surface area contributed by atoms with Crippen molar-refractivity contribution >= 4 is 5.97 Å². The van der Waals surface area contributed by atoms with Crippen LogP contribution in [0.2, 0.25) is 0 Å². The monoisotopic (exact) mass is 160 g/mol. The fourth-order valence-corrected chi connectivity index (χ4v) is 0.947. The minimum atomic E-state index is -1.10. The van der Waals surface area contributed by atoms with E-state index < -0.39 is 17.6 Å². The van der Waals surface area contributed by atoms with E-state index in [1.165, 1.54) is 7.11 Å². The molecule has 1 aliphatic heterocycles. The van der Waals surface area contributed by atoms with Gasteiger partial charge in [-0.2, -0.15) is 0 Å². The Labute approximate surface area is 64.5 Å². The van der Waals surface area contributed by atoms with Gasteiger partial charge in [0.1, 0.15) is 11.6 Å². The smallest absolute Gasteiger partial charge is 0.325 e. The standard InChI is InChI=1S/C6H12N2O3/c1-11-5(9)4(7)6(10)2-8-3-6/h4,8,10H,2-3,7H2,1H3. The van der Waals surface area contributed by atoms with E-state index in [-0.39, 0.29) is 0 Å². The van der Waals surface area contributed by atoms with Crippen LogP contribution < -0.4 is 11.1 Å². The molecule has 0 aromatic carbocycles. The Morgan fingerprint density at radius 1 is 1.82 bits per heavy atom. The summed E-state index contributed by atoms with van der Waals surface area (Å²) in [7, 11) is 1.25. The number of esters is 1. The number of rotatable bonds is 2. The van der Waals surface area contributed by atoms with Crippen LogP contribution >= 0.6 is 0 Å². The number of ether oxygens (including phenoxy) is 1. The van der Waals surface area contributed by atoms with Crippen molar-refractivity contribution in [2.24, 2.45) is 5.73 Å². The molecule has 1 heterocycles. The minimum Gasteiger partial charge on any atom is -0.468 e. The van der Waals surface area contributed by atoms with Crippen molar-refractivity contribution in [2.75, 3.05) is 20.2 Å². The van der Waals surface area contributed by atoms with E-state index in [9.17, 15) is 9.90 Å². The fourth-order valence-electron chi connectivity index (χ4n) is 0.947. The molecule has 1 atom stereocenters. The summed E-state index contributed by atoms with van der Waals surface area (Å²) in [6.45, 7) is 0.701. The lowest BCUT2D eigenvalue weighted by Gasteiger charge is -2.40. The normalized spacial score (nSPS) is 23.5. The van der Waals surface area contributed by atoms with Crippen LogP contribution in [0.1, 0.15) is 0 Å². The molecule has 0 aromatic rings. The van der Waals surface area contributed by atoms with E-state index in [1.807, 2.05) is 0 Å². The molecule has 0 spiro atoms. The van der Waals surface area contributed by atoms with Gasteiger partial charge in [0, 0.05) is 13.1 Å². The molecular formula is C6H12N2O3. The van der Waals surface area contributed by atoms with Crippen LogP contribution in [0.5, 0.6) is 0 Å². The molecule has 0 aromatic heterocycles. The van der Waals surface area contributed by atoms with Crippen LogP contribution in [-0.4, -0.2) is 42.9 Å². The first-order chi connectivity index (χ1) is 5.10. The number of methoxy groups -OCH3 is 1. The molecule has 0 saturated carbocycles. The molecule has 11 heavy (non-hydrogen) atoms. The van der Waals surface area contributed by atoms with Crippen LogP contribution in [-0.2, 0) is 9.53 Å². The summed E-state index contributed by atoms with van der Waals surface area (Å²) in [5.41, 5.74) is 4.30. The van der Waals surface area contributed by atoms with Gasteiger partial charge in [0.2, 0.25) is 0 Å². The Hall–Kier alpha value is -0.650. The van der Waals surface area contributed by atoms with Crippen molar-refractivity contribution < 1.29 is 14.6 Å². The third-order valence-corrected chi connectivity index (χ3v) is 1.90. The number of carbonyl (C=O) groups is 1. The van der Waals surface area contributed by atoms with E-state index in [2.05, 4.69) is 10.1 Å². The van der Waals surface area contributed by atoms with Crippen molar-refractivity contribution in [3.63, 3.8) is 0 Å². The number of carbonyl (C=O) groups excluding carboxylic acids is 1. The van der Waals surface area contributed by atoms with Gasteiger partial charge >= 0.3 is 5.97 Å². The maximum Gasteiger partial charge on any atom is 0.325 e. The van der Waals surface area contributed by atoms with E-state index in [0.717, 1.165) is 0 Å². The van der Waals surface area contributed by atoms with Crippen LogP contribution in [0.3, 0.4) is 0 Å². The second kappa shape index (κ2) is 2.77. The third kappa shape index (κ3) is 1.35. The lowest BCUT2D eigenvalue weighted by molar-refractivity contribution is -0.151. The summed E-state index contributed by atoms with van der Waals surface area (Å²) in [5.74, 6) is -0.575. The van der Waals surface area contributed by atoms with Crippen molar-refractivity contribution in [1.82, 2.24) is 5.32 Å².